The van der Waals surface area contributed by atoms with Crippen molar-refractivity contribution in [1.29, 1.82) is 0 Å². The van der Waals surface area contributed by atoms with Crippen molar-refractivity contribution in [3.63, 3.8) is 0 Å². The van der Waals surface area contributed by atoms with Gasteiger partial charge in [0.1, 0.15) is 6.04 Å². The molecule has 1 aliphatic rings. The van der Waals surface area contributed by atoms with Gasteiger partial charge in [-0.3, -0.25) is 14.8 Å². The first-order valence-electron chi connectivity index (χ1n) is 8.11. The first-order chi connectivity index (χ1) is 10.8. The number of carbonyl (C=O) groups is 2. The van der Waals surface area contributed by atoms with Crippen molar-refractivity contribution < 1.29 is 14.8 Å². The SMILES string of the molecule is Cc1ccc(C2(C)CCN([C@H](CC(C)C)C(=O)NO)C2=O)cc1. The number of aryl methyl sites for hydroxylation is 1. The van der Waals surface area contributed by atoms with Crippen LogP contribution in [0.2, 0.25) is 0 Å². The summed E-state index contributed by atoms with van der Waals surface area (Å²) in [5.74, 6) is -0.313. The van der Waals surface area contributed by atoms with Crippen molar-refractivity contribution in [1.82, 2.24) is 10.4 Å². The molecule has 0 spiro atoms. The maximum absolute atomic E-state index is 13.0. The van der Waals surface area contributed by atoms with Gasteiger partial charge in [-0.1, -0.05) is 43.7 Å². The number of nitrogens with one attached hydrogen (secondary N) is 1. The third-order valence-electron chi connectivity index (χ3n) is 4.76. The average Bonchev–Trinajstić information content (AvgIpc) is 2.81. The number of likely N-dealkylation sites (tertiary alicyclic amines) is 1. The highest BCUT2D eigenvalue weighted by Gasteiger charge is 2.47. The van der Waals surface area contributed by atoms with Crippen LogP contribution >= 0.6 is 0 Å². The van der Waals surface area contributed by atoms with Crippen molar-refractivity contribution in [3.8, 4) is 0 Å². The molecule has 5 heteroatoms. The molecule has 0 saturated carbocycles. The summed E-state index contributed by atoms with van der Waals surface area (Å²) in [6.07, 6.45) is 1.20. The third-order valence-corrected chi connectivity index (χ3v) is 4.76. The Kier molecular flexibility index (Phi) is 5.09. The van der Waals surface area contributed by atoms with Gasteiger partial charge in [-0.25, -0.2) is 5.48 Å². The summed E-state index contributed by atoms with van der Waals surface area (Å²) in [4.78, 5) is 26.7. The Bertz CT molecular complexity index is 582. The van der Waals surface area contributed by atoms with Crippen LogP contribution in [0, 0.1) is 12.8 Å². The van der Waals surface area contributed by atoms with Gasteiger partial charge in [0.2, 0.25) is 5.91 Å². The highest BCUT2D eigenvalue weighted by molar-refractivity contribution is 5.94. The molecule has 2 N–H and O–H groups in total. The Balaban J connectivity index is 2.28. The van der Waals surface area contributed by atoms with Crippen LogP contribution in [0.4, 0.5) is 0 Å². The van der Waals surface area contributed by atoms with Crippen LogP contribution in [0.5, 0.6) is 0 Å². The Morgan fingerprint density at radius 2 is 1.96 bits per heavy atom. The van der Waals surface area contributed by atoms with Crippen molar-refractivity contribution in [2.45, 2.75) is 52.0 Å². The molecule has 0 aliphatic carbocycles. The summed E-state index contributed by atoms with van der Waals surface area (Å²) in [6.45, 7) is 8.46. The lowest BCUT2D eigenvalue weighted by Crippen LogP contribution is -2.49. The van der Waals surface area contributed by atoms with E-state index in [1.54, 1.807) is 10.4 Å². The number of nitrogens with zero attached hydrogens (tertiary/aromatic N) is 1. The Labute approximate surface area is 137 Å². The second-order valence-corrected chi connectivity index (χ2v) is 7.07. The molecule has 1 heterocycles. The molecule has 1 saturated heterocycles. The summed E-state index contributed by atoms with van der Waals surface area (Å²) >= 11 is 0. The lowest BCUT2D eigenvalue weighted by molar-refractivity contribution is -0.144. The zero-order valence-electron chi connectivity index (χ0n) is 14.3. The first-order valence-corrected chi connectivity index (χ1v) is 8.11. The predicted octanol–water partition coefficient (Wildman–Crippen LogP) is 2.41. The normalized spacial score (nSPS) is 22.5. The van der Waals surface area contributed by atoms with E-state index in [1.165, 1.54) is 0 Å². The molecule has 1 unspecified atom stereocenters. The standard InChI is InChI=1S/C18H26N2O3/c1-12(2)11-15(16(21)19-23)20-10-9-18(4,17(20)22)14-7-5-13(3)6-8-14/h5-8,12,15,23H,9-11H2,1-4H3,(H,19,21)/t15-,18?/m1/s1. The zero-order chi connectivity index (χ0) is 17.2. The minimum Gasteiger partial charge on any atom is -0.330 e. The molecule has 126 valence electrons. The largest absolute Gasteiger partial charge is 0.330 e. The number of rotatable bonds is 5. The molecule has 1 aromatic rings. The second-order valence-electron chi connectivity index (χ2n) is 7.07. The molecule has 0 bridgehead atoms. The van der Waals surface area contributed by atoms with Gasteiger partial charge >= 0.3 is 0 Å². The average molecular weight is 318 g/mol. The van der Waals surface area contributed by atoms with Gasteiger partial charge in [0.25, 0.3) is 5.91 Å². The quantitative estimate of drug-likeness (QED) is 0.647. The highest BCUT2D eigenvalue weighted by Crippen LogP contribution is 2.37. The molecule has 5 nitrogen and oxygen atoms in total. The van der Waals surface area contributed by atoms with Gasteiger partial charge in [0.15, 0.2) is 0 Å². The fourth-order valence-electron chi connectivity index (χ4n) is 3.25. The molecule has 23 heavy (non-hydrogen) atoms. The molecule has 2 rings (SSSR count). The highest BCUT2D eigenvalue weighted by atomic mass is 16.5. The van der Waals surface area contributed by atoms with E-state index < -0.39 is 17.4 Å². The van der Waals surface area contributed by atoms with E-state index in [2.05, 4.69) is 0 Å². The summed E-state index contributed by atoms with van der Waals surface area (Å²) in [5.41, 5.74) is 3.22. The smallest absolute Gasteiger partial charge is 0.266 e. The molecule has 1 aromatic carbocycles. The van der Waals surface area contributed by atoms with Crippen LogP contribution in [0.1, 0.15) is 44.7 Å². The third kappa shape index (κ3) is 3.39. The summed E-state index contributed by atoms with van der Waals surface area (Å²) in [5, 5.41) is 9.00. The van der Waals surface area contributed by atoms with E-state index in [0.29, 0.717) is 19.4 Å². The summed E-state index contributed by atoms with van der Waals surface area (Å²) in [6, 6.07) is 7.35. The zero-order valence-corrected chi connectivity index (χ0v) is 14.3. The van der Waals surface area contributed by atoms with Gasteiger partial charge in [0.05, 0.1) is 5.41 Å². The van der Waals surface area contributed by atoms with Gasteiger partial charge in [-0.15, -0.1) is 0 Å². The minimum absolute atomic E-state index is 0.0457. The maximum atomic E-state index is 13.0. The van der Waals surface area contributed by atoms with Crippen LogP contribution in [0.15, 0.2) is 24.3 Å². The number of hydrogen-bond donors (Lipinski definition) is 2. The predicted molar refractivity (Wildman–Crippen MR) is 88.0 cm³/mol. The fourth-order valence-corrected chi connectivity index (χ4v) is 3.25. The van der Waals surface area contributed by atoms with E-state index in [4.69, 9.17) is 5.21 Å². The molecule has 1 aliphatic heterocycles. The molecular formula is C18H26N2O3. The molecular weight excluding hydrogens is 292 g/mol. The molecule has 2 amide bonds. The lowest BCUT2D eigenvalue weighted by Gasteiger charge is -2.30. The monoisotopic (exact) mass is 318 g/mol. The summed E-state index contributed by atoms with van der Waals surface area (Å²) in [7, 11) is 0. The first kappa shape index (κ1) is 17.5. The van der Waals surface area contributed by atoms with Crippen LogP contribution in [0.25, 0.3) is 0 Å². The van der Waals surface area contributed by atoms with Gasteiger partial charge in [-0.2, -0.15) is 0 Å². The fraction of sp³-hybridized carbons (Fsp3) is 0.556. The van der Waals surface area contributed by atoms with Crippen molar-refractivity contribution >= 4 is 11.8 Å². The van der Waals surface area contributed by atoms with Crippen LogP contribution in [-0.4, -0.2) is 34.5 Å². The van der Waals surface area contributed by atoms with Crippen LogP contribution in [-0.2, 0) is 15.0 Å². The minimum atomic E-state index is -0.625. The lowest BCUT2D eigenvalue weighted by atomic mass is 9.81. The van der Waals surface area contributed by atoms with E-state index in [-0.39, 0.29) is 11.8 Å². The van der Waals surface area contributed by atoms with Crippen molar-refractivity contribution in [2.75, 3.05) is 6.54 Å². The van der Waals surface area contributed by atoms with Gasteiger partial charge < -0.3 is 4.90 Å². The van der Waals surface area contributed by atoms with Crippen molar-refractivity contribution in [2.24, 2.45) is 5.92 Å². The number of hydroxylamine groups is 1. The van der Waals surface area contributed by atoms with Crippen LogP contribution < -0.4 is 5.48 Å². The Morgan fingerprint density at radius 1 is 1.35 bits per heavy atom. The number of carbonyl (C=O) groups excluding carboxylic acids is 2. The maximum Gasteiger partial charge on any atom is 0.266 e. The Morgan fingerprint density at radius 3 is 2.48 bits per heavy atom. The summed E-state index contributed by atoms with van der Waals surface area (Å²) < 4.78 is 0. The second kappa shape index (κ2) is 6.71. The van der Waals surface area contributed by atoms with Crippen LogP contribution in [0.3, 0.4) is 0 Å². The number of hydrogen-bond acceptors (Lipinski definition) is 3. The molecule has 2 atom stereocenters. The van der Waals surface area contributed by atoms with Crippen molar-refractivity contribution in [3.05, 3.63) is 35.4 Å². The van der Waals surface area contributed by atoms with E-state index in [9.17, 15) is 9.59 Å². The van der Waals surface area contributed by atoms with Gasteiger partial charge in [0, 0.05) is 6.54 Å². The van der Waals surface area contributed by atoms with E-state index >= 15 is 0 Å². The topological polar surface area (TPSA) is 69.6 Å². The molecule has 0 radical (unpaired) electrons. The number of benzene rings is 1. The number of amides is 2. The Hall–Kier alpha value is -1.88. The van der Waals surface area contributed by atoms with E-state index in [0.717, 1.165) is 11.1 Å². The molecule has 1 fully saturated rings. The van der Waals surface area contributed by atoms with Gasteiger partial charge in [-0.05, 0) is 38.2 Å². The van der Waals surface area contributed by atoms with E-state index in [1.807, 2.05) is 52.0 Å². The molecule has 0 aromatic heterocycles.